The van der Waals surface area contributed by atoms with Crippen molar-refractivity contribution in [3.05, 3.63) is 16.7 Å². The molecule has 0 spiro atoms. The van der Waals surface area contributed by atoms with Crippen LogP contribution in [0.1, 0.15) is 19.8 Å². The Labute approximate surface area is 109 Å². The first-order chi connectivity index (χ1) is 8.13. The van der Waals surface area contributed by atoms with E-state index in [-0.39, 0.29) is 5.97 Å². The maximum atomic E-state index is 11.1. The van der Waals surface area contributed by atoms with Gasteiger partial charge in [0.2, 0.25) is 0 Å². The van der Waals surface area contributed by atoms with Gasteiger partial charge >= 0.3 is 5.97 Å². The Morgan fingerprint density at radius 3 is 3.06 bits per heavy atom. The van der Waals surface area contributed by atoms with Crippen LogP contribution in [0, 0.1) is 0 Å². The molecule has 0 fully saturated rings. The lowest BCUT2D eigenvalue weighted by molar-refractivity contribution is -0.143. The molecule has 0 radical (unpaired) electrons. The molecular weight excluding hydrogens is 286 g/mol. The highest BCUT2D eigenvalue weighted by Gasteiger charge is 2.02. The van der Waals surface area contributed by atoms with Crippen LogP contribution < -0.4 is 11.1 Å². The molecule has 0 unspecified atom stereocenters. The van der Waals surface area contributed by atoms with Gasteiger partial charge in [-0.25, -0.2) is 4.98 Å². The quantitative estimate of drug-likeness (QED) is 0.622. The van der Waals surface area contributed by atoms with Gasteiger partial charge in [-0.1, -0.05) is 6.92 Å². The first-order valence-corrected chi connectivity index (χ1v) is 6.23. The average Bonchev–Trinajstić information content (AvgIpc) is 2.27. The number of nitrogens with two attached hydrogens (primary N) is 1. The van der Waals surface area contributed by atoms with Crippen molar-refractivity contribution in [1.29, 1.82) is 0 Å². The number of anilines is 2. The van der Waals surface area contributed by atoms with Crippen molar-refractivity contribution in [2.24, 2.45) is 0 Å². The van der Waals surface area contributed by atoms with Crippen LogP contribution in [0.15, 0.2) is 16.7 Å². The van der Waals surface area contributed by atoms with Crippen LogP contribution in [-0.2, 0) is 9.53 Å². The van der Waals surface area contributed by atoms with E-state index >= 15 is 0 Å². The van der Waals surface area contributed by atoms with Crippen LogP contribution >= 0.6 is 15.9 Å². The Morgan fingerprint density at radius 2 is 2.41 bits per heavy atom. The van der Waals surface area contributed by atoms with Gasteiger partial charge in [0.05, 0.1) is 12.2 Å². The molecule has 3 N–H and O–H groups in total. The summed E-state index contributed by atoms with van der Waals surface area (Å²) in [5.74, 6) is 0.422. The Kier molecular flexibility index (Phi) is 5.76. The molecule has 0 bridgehead atoms. The highest BCUT2D eigenvalue weighted by atomic mass is 79.9. The number of ether oxygens (including phenoxy) is 1. The number of carbonyl (C=O) groups excluding carboxylic acids is 1. The van der Waals surface area contributed by atoms with Crippen molar-refractivity contribution in [3.63, 3.8) is 0 Å². The molecule has 1 heterocycles. The van der Waals surface area contributed by atoms with Crippen molar-refractivity contribution in [2.45, 2.75) is 19.8 Å². The number of pyridine rings is 1. The van der Waals surface area contributed by atoms with Crippen molar-refractivity contribution in [3.8, 4) is 0 Å². The van der Waals surface area contributed by atoms with Gasteiger partial charge in [0.1, 0.15) is 12.4 Å². The van der Waals surface area contributed by atoms with Crippen molar-refractivity contribution in [2.75, 3.05) is 24.2 Å². The normalized spacial score (nSPS) is 10.0. The summed E-state index contributed by atoms with van der Waals surface area (Å²) in [7, 11) is 0. The molecule has 17 heavy (non-hydrogen) atoms. The van der Waals surface area contributed by atoms with E-state index in [0.29, 0.717) is 31.1 Å². The Morgan fingerprint density at radius 1 is 1.65 bits per heavy atom. The SMILES string of the molecule is CCCC(=O)OCCNc1ncc(Br)cc1N. The summed E-state index contributed by atoms with van der Waals surface area (Å²) >= 11 is 3.27. The summed E-state index contributed by atoms with van der Waals surface area (Å²) in [4.78, 5) is 15.2. The molecule has 1 aromatic heterocycles. The molecule has 0 aliphatic carbocycles. The lowest BCUT2D eigenvalue weighted by Gasteiger charge is -2.08. The first-order valence-electron chi connectivity index (χ1n) is 5.44. The molecule has 0 aromatic carbocycles. The predicted molar refractivity (Wildman–Crippen MR) is 70.7 cm³/mol. The van der Waals surface area contributed by atoms with Crippen LogP contribution in [0.5, 0.6) is 0 Å². The Hall–Kier alpha value is -1.30. The van der Waals surface area contributed by atoms with E-state index in [1.807, 2.05) is 6.92 Å². The minimum atomic E-state index is -0.175. The summed E-state index contributed by atoms with van der Waals surface area (Å²) in [6.45, 7) is 2.75. The molecule has 6 heteroatoms. The molecule has 0 amide bonds. The second-order valence-electron chi connectivity index (χ2n) is 3.49. The molecule has 0 aliphatic heterocycles. The lowest BCUT2D eigenvalue weighted by Crippen LogP contribution is -2.14. The van der Waals surface area contributed by atoms with Crippen molar-refractivity contribution < 1.29 is 9.53 Å². The Balaban J connectivity index is 2.29. The van der Waals surface area contributed by atoms with E-state index < -0.39 is 0 Å². The van der Waals surface area contributed by atoms with Crippen LogP contribution in [0.25, 0.3) is 0 Å². The van der Waals surface area contributed by atoms with Gasteiger partial charge in [0.15, 0.2) is 0 Å². The zero-order valence-electron chi connectivity index (χ0n) is 9.70. The van der Waals surface area contributed by atoms with Gasteiger partial charge in [-0.2, -0.15) is 0 Å². The smallest absolute Gasteiger partial charge is 0.305 e. The number of nitrogens with one attached hydrogen (secondary N) is 1. The van der Waals surface area contributed by atoms with Gasteiger partial charge < -0.3 is 15.8 Å². The summed E-state index contributed by atoms with van der Waals surface area (Å²) in [5, 5.41) is 3.00. The standard InChI is InChI=1S/C11H16BrN3O2/c1-2-3-10(16)17-5-4-14-11-9(13)6-8(12)7-15-11/h6-7H,2-5,13H2,1H3,(H,14,15). The van der Waals surface area contributed by atoms with Crippen LogP contribution in [-0.4, -0.2) is 24.1 Å². The number of hydrogen-bond acceptors (Lipinski definition) is 5. The van der Waals surface area contributed by atoms with Crippen molar-refractivity contribution >= 4 is 33.4 Å². The van der Waals surface area contributed by atoms with E-state index in [9.17, 15) is 4.79 Å². The third kappa shape index (κ3) is 5.04. The second kappa shape index (κ2) is 7.11. The molecule has 1 rings (SSSR count). The van der Waals surface area contributed by atoms with Crippen molar-refractivity contribution in [1.82, 2.24) is 4.98 Å². The monoisotopic (exact) mass is 301 g/mol. The number of rotatable bonds is 6. The van der Waals surface area contributed by atoms with E-state index in [4.69, 9.17) is 10.5 Å². The van der Waals surface area contributed by atoms with Gasteiger partial charge in [0, 0.05) is 17.1 Å². The average molecular weight is 302 g/mol. The molecule has 94 valence electrons. The van der Waals surface area contributed by atoms with E-state index in [1.165, 1.54) is 0 Å². The number of hydrogen-bond donors (Lipinski definition) is 2. The predicted octanol–water partition coefficient (Wildman–Crippen LogP) is 2.18. The third-order valence-electron chi connectivity index (χ3n) is 2.00. The highest BCUT2D eigenvalue weighted by molar-refractivity contribution is 9.10. The van der Waals surface area contributed by atoms with Gasteiger partial charge in [-0.15, -0.1) is 0 Å². The van der Waals surface area contributed by atoms with E-state index in [1.54, 1.807) is 12.3 Å². The molecule has 0 aliphatic rings. The molecule has 0 saturated heterocycles. The third-order valence-corrected chi connectivity index (χ3v) is 2.43. The maximum absolute atomic E-state index is 11.1. The maximum Gasteiger partial charge on any atom is 0.305 e. The number of aromatic nitrogens is 1. The van der Waals surface area contributed by atoms with Gasteiger partial charge in [-0.3, -0.25) is 4.79 Å². The zero-order valence-corrected chi connectivity index (χ0v) is 11.3. The highest BCUT2D eigenvalue weighted by Crippen LogP contribution is 2.19. The summed E-state index contributed by atoms with van der Waals surface area (Å²) in [5.41, 5.74) is 6.30. The van der Waals surface area contributed by atoms with E-state index in [0.717, 1.165) is 10.9 Å². The van der Waals surface area contributed by atoms with Crippen LogP contribution in [0.4, 0.5) is 11.5 Å². The Bertz CT molecular complexity index is 385. The fourth-order valence-electron chi connectivity index (χ4n) is 1.21. The van der Waals surface area contributed by atoms with Crippen LogP contribution in [0.3, 0.4) is 0 Å². The topological polar surface area (TPSA) is 77.2 Å². The minimum absolute atomic E-state index is 0.175. The lowest BCUT2D eigenvalue weighted by atomic mass is 10.3. The fraction of sp³-hybridized carbons (Fsp3) is 0.455. The van der Waals surface area contributed by atoms with Gasteiger partial charge in [0.25, 0.3) is 0 Å². The number of nitrogen functional groups attached to an aromatic ring is 1. The first kappa shape index (κ1) is 13.8. The fourth-order valence-corrected chi connectivity index (χ4v) is 1.56. The molecular formula is C11H16BrN3O2. The number of halogens is 1. The molecule has 0 saturated carbocycles. The molecule has 1 aromatic rings. The van der Waals surface area contributed by atoms with E-state index in [2.05, 4.69) is 26.2 Å². The number of nitrogens with zero attached hydrogens (tertiary/aromatic N) is 1. The largest absolute Gasteiger partial charge is 0.464 e. The number of esters is 1. The second-order valence-corrected chi connectivity index (χ2v) is 4.40. The van der Waals surface area contributed by atoms with Crippen LogP contribution in [0.2, 0.25) is 0 Å². The summed E-state index contributed by atoms with van der Waals surface area (Å²) in [6, 6.07) is 1.76. The molecule has 0 atom stereocenters. The zero-order chi connectivity index (χ0) is 12.7. The summed E-state index contributed by atoms with van der Waals surface area (Å²) in [6.07, 6.45) is 2.91. The number of carbonyl (C=O) groups is 1. The van der Waals surface area contributed by atoms with Gasteiger partial charge in [-0.05, 0) is 28.4 Å². The minimum Gasteiger partial charge on any atom is -0.464 e. The summed E-state index contributed by atoms with van der Waals surface area (Å²) < 4.78 is 5.82. The molecule has 5 nitrogen and oxygen atoms in total.